The zero-order chi connectivity index (χ0) is 28.0. The van der Waals surface area contributed by atoms with E-state index < -0.39 is 8.80 Å². The molecule has 0 fully saturated rings. The molecular formula is C37H30ClN2Si+. The molecule has 0 amide bonds. The fraction of sp³-hybridized carbons (Fsp3) is 0.0270. The Balaban J connectivity index is 1.64. The number of benzene rings is 6. The number of rotatable bonds is 8. The molecule has 0 spiro atoms. The van der Waals surface area contributed by atoms with Crippen LogP contribution < -0.4 is 20.2 Å². The van der Waals surface area contributed by atoms with Crippen LogP contribution >= 0.6 is 11.6 Å². The lowest BCUT2D eigenvalue weighted by molar-refractivity contribution is 1.25. The maximum Gasteiger partial charge on any atom is 0.387 e. The molecule has 6 aromatic rings. The van der Waals surface area contributed by atoms with Gasteiger partial charge in [0.1, 0.15) is 10.4 Å². The molecule has 0 aliphatic carbocycles. The first-order valence-corrected chi connectivity index (χ1v) is 16.1. The fourth-order valence-electron chi connectivity index (χ4n) is 5.15. The van der Waals surface area contributed by atoms with Gasteiger partial charge >= 0.3 is 8.80 Å². The van der Waals surface area contributed by atoms with Crippen molar-refractivity contribution in [3.8, 4) is 0 Å². The summed E-state index contributed by atoms with van der Waals surface area (Å²) in [5.74, 6) is 0. The number of para-hydroxylation sites is 4. The van der Waals surface area contributed by atoms with Crippen LogP contribution in [0, 0.1) is 0 Å². The van der Waals surface area contributed by atoms with Gasteiger partial charge < -0.3 is 9.80 Å². The molecule has 0 heterocycles. The lowest BCUT2D eigenvalue weighted by Gasteiger charge is -2.31. The van der Waals surface area contributed by atoms with Crippen LogP contribution in [-0.2, 0) is 0 Å². The second-order valence-electron chi connectivity index (χ2n) is 9.83. The van der Waals surface area contributed by atoms with Crippen molar-refractivity contribution in [3.63, 3.8) is 0 Å². The molecule has 0 atom stereocenters. The van der Waals surface area contributed by atoms with Crippen molar-refractivity contribution < 1.29 is 0 Å². The minimum atomic E-state index is -1.11. The van der Waals surface area contributed by atoms with Crippen LogP contribution in [0.1, 0.15) is 0 Å². The molecule has 4 heteroatoms. The van der Waals surface area contributed by atoms with Crippen molar-refractivity contribution in [2.24, 2.45) is 0 Å². The van der Waals surface area contributed by atoms with Crippen LogP contribution in [0.25, 0.3) is 0 Å². The number of hydrogen-bond donors (Lipinski definition) is 0. The Kier molecular flexibility index (Phi) is 7.99. The van der Waals surface area contributed by atoms with Gasteiger partial charge in [0.2, 0.25) is 0 Å². The summed E-state index contributed by atoms with van der Waals surface area (Å²) in [6.45, 7) is 2.36. The lowest BCUT2D eigenvalue weighted by Crippen LogP contribution is -2.39. The Morgan fingerprint density at radius 3 is 1.02 bits per heavy atom. The summed E-state index contributed by atoms with van der Waals surface area (Å²) in [6, 6.07) is 57.2. The zero-order valence-corrected chi connectivity index (χ0v) is 24.6. The molecule has 0 radical (unpaired) electrons. The van der Waals surface area contributed by atoms with E-state index in [1.807, 2.05) is 24.3 Å². The quantitative estimate of drug-likeness (QED) is 0.169. The van der Waals surface area contributed by atoms with E-state index in [4.69, 9.17) is 11.6 Å². The summed E-state index contributed by atoms with van der Waals surface area (Å²) in [4.78, 5) is 4.54. The molecule has 0 aliphatic rings. The SMILES string of the molecule is C[Si+](c1ccccc1)c1cc(N(c2ccccc2)c2ccccc2)c(Cl)c(N(c2ccccc2)c2ccccc2)c1. The largest absolute Gasteiger partial charge is 0.387 e. The van der Waals surface area contributed by atoms with Crippen LogP contribution in [0.3, 0.4) is 0 Å². The van der Waals surface area contributed by atoms with Crippen LogP contribution in [0.5, 0.6) is 0 Å². The van der Waals surface area contributed by atoms with Gasteiger partial charge in [-0.3, -0.25) is 0 Å². The van der Waals surface area contributed by atoms with Gasteiger partial charge in [0.15, 0.2) is 0 Å². The van der Waals surface area contributed by atoms with Gasteiger partial charge in [0.25, 0.3) is 0 Å². The Morgan fingerprint density at radius 2 is 0.707 bits per heavy atom. The molecule has 41 heavy (non-hydrogen) atoms. The average molecular weight is 566 g/mol. The summed E-state index contributed by atoms with van der Waals surface area (Å²) in [5.41, 5.74) is 6.12. The maximum absolute atomic E-state index is 7.55. The number of nitrogens with zero attached hydrogens (tertiary/aromatic N) is 2. The van der Waals surface area contributed by atoms with E-state index >= 15 is 0 Å². The van der Waals surface area contributed by atoms with Crippen molar-refractivity contribution in [2.75, 3.05) is 9.80 Å². The smallest absolute Gasteiger partial charge is 0.309 e. The molecule has 0 saturated heterocycles. The second-order valence-corrected chi connectivity index (χ2v) is 12.6. The van der Waals surface area contributed by atoms with Crippen molar-refractivity contribution in [3.05, 3.63) is 169 Å². The molecule has 198 valence electrons. The van der Waals surface area contributed by atoms with Crippen molar-refractivity contribution in [1.82, 2.24) is 0 Å². The molecule has 0 bridgehead atoms. The van der Waals surface area contributed by atoms with Gasteiger partial charge in [-0.15, -0.1) is 0 Å². The molecule has 0 aliphatic heterocycles. The Hall–Kier alpha value is -4.57. The van der Waals surface area contributed by atoms with E-state index in [9.17, 15) is 0 Å². The van der Waals surface area contributed by atoms with Crippen LogP contribution in [0.15, 0.2) is 164 Å². The summed E-state index contributed by atoms with van der Waals surface area (Å²) >= 11 is 7.55. The summed E-state index contributed by atoms with van der Waals surface area (Å²) in [5, 5.41) is 3.33. The summed E-state index contributed by atoms with van der Waals surface area (Å²) < 4.78 is 0. The van der Waals surface area contributed by atoms with E-state index in [0.29, 0.717) is 5.02 Å². The molecular weight excluding hydrogens is 536 g/mol. The maximum atomic E-state index is 7.55. The van der Waals surface area contributed by atoms with Gasteiger partial charge in [-0.1, -0.05) is 103 Å². The third-order valence-corrected chi connectivity index (χ3v) is 9.95. The normalized spacial score (nSPS) is 10.7. The first-order chi connectivity index (χ1) is 20.2. The van der Waals surface area contributed by atoms with E-state index in [-0.39, 0.29) is 0 Å². The molecule has 0 N–H and O–H groups in total. The van der Waals surface area contributed by atoms with Crippen molar-refractivity contribution in [1.29, 1.82) is 0 Å². The van der Waals surface area contributed by atoms with Crippen LogP contribution in [-0.4, -0.2) is 8.80 Å². The zero-order valence-electron chi connectivity index (χ0n) is 22.9. The minimum Gasteiger partial charge on any atom is -0.309 e. The molecule has 0 unspecified atom stereocenters. The monoisotopic (exact) mass is 565 g/mol. The molecule has 0 saturated carbocycles. The highest BCUT2D eigenvalue weighted by Crippen LogP contribution is 2.46. The van der Waals surface area contributed by atoms with E-state index in [0.717, 1.165) is 34.1 Å². The topological polar surface area (TPSA) is 6.48 Å². The fourth-order valence-corrected chi connectivity index (χ4v) is 7.16. The Bertz CT molecular complexity index is 1510. The predicted octanol–water partition coefficient (Wildman–Crippen LogP) is 9.52. The standard InChI is InChI=1S/C37H30ClN2Si/c1-41(33-25-15-6-16-26-33)34-27-35(39(29-17-7-2-8-18-29)30-19-9-3-10-20-30)37(38)36(28-34)40(31-21-11-4-12-22-31)32-23-13-5-14-24-32/h2-28H,1H3/q+1. The van der Waals surface area contributed by atoms with Crippen LogP contribution in [0.2, 0.25) is 11.6 Å². The number of hydrogen-bond acceptors (Lipinski definition) is 2. The predicted molar refractivity (Wildman–Crippen MR) is 178 cm³/mol. The lowest BCUT2D eigenvalue weighted by atomic mass is 10.1. The highest BCUT2D eigenvalue weighted by atomic mass is 35.5. The summed E-state index contributed by atoms with van der Waals surface area (Å²) in [6.07, 6.45) is 0. The van der Waals surface area contributed by atoms with Crippen molar-refractivity contribution in [2.45, 2.75) is 6.55 Å². The Labute approximate surface area is 249 Å². The highest BCUT2D eigenvalue weighted by Gasteiger charge is 2.32. The molecule has 0 aromatic heterocycles. The third kappa shape index (κ3) is 5.69. The van der Waals surface area contributed by atoms with E-state index in [1.54, 1.807) is 0 Å². The third-order valence-electron chi connectivity index (χ3n) is 7.21. The molecule has 6 aromatic carbocycles. The average Bonchev–Trinajstić information content (AvgIpc) is 3.05. The second kappa shape index (κ2) is 12.3. The molecule has 2 nitrogen and oxygen atoms in total. The van der Waals surface area contributed by atoms with Gasteiger partial charge in [-0.05, 0) is 72.8 Å². The van der Waals surface area contributed by atoms with Gasteiger partial charge in [-0.25, -0.2) is 0 Å². The first-order valence-electron chi connectivity index (χ1n) is 13.7. The van der Waals surface area contributed by atoms with Gasteiger partial charge in [0, 0.05) is 22.7 Å². The minimum absolute atomic E-state index is 0.692. The van der Waals surface area contributed by atoms with Crippen molar-refractivity contribution >= 4 is 64.9 Å². The highest BCUT2D eigenvalue weighted by molar-refractivity contribution is 6.84. The summed E-state index contributed by atoms with van der Waals surface area (Å²) in [7, 11) is -1.11. The van der Waals surface area contributed by atoms with E-state index in [1.165, 1.54) is 10.4 Å². The number of anilines is 6. The van der Waals surface area contributed by atoms with Gasteiger partial charge in [0.05, 0.1) is 22.9 Å². The molecule has 6 rings (SSSR count). The van der Waals surface area contributed by atoms with Crippen LogP contribution in [0.4, 0.5) is 34.1 Å². The Morgan fingerprint density at radius 1 is 0.415 bits per heavy atom. The van der Waals surface area contributed by atoms with E-state index in [2.05, 4.69) is 156 Å². The first kappa shape index (κ1) is 26.6. The number of halogens is 1. The van der Waals surface area contributed by atoms with Gasteiger partial charge in [-0.2, -0.15) is 0 Å².